The zero-order valence-corrected chi connectivity index (χ0v) is 13.0. The lowest BCUT2D eigenvalue weighted by Gasteiger charge is -2.55. The number of rotatable bonds is 0. The van der Waals surface area contributed by atoms with Crippen LogP contribution in [0.3, 0.4) is 0 Å². The van der Waals surface area contributed by atoms with Crippen LogP contribution in [0.5, 0.6) is 0 Å². The fourth-order valence-corrected chi connectivity index (χ4v) is 5.75. The molecule has 0 unspecified atom stereocenters. The van der Waals surface area contributed by atoms with E-state index in [1.165, 1.54) is 5.57 Å². The molecule has 2 nitrogen and oxygen atoms in total. The van der Waals surface area contributed by atoms with Gasteiger partial charge in [-0.25, -0.2) is 0 Å². The molecular formula is C19H24O2. The Balaban J connectivity index is 1.72. The Kier molecular flexibility index (Phi) is 2.68. The molecule has 0 N–H and O–H groups in total. The van der Waals surface area contributed by atoms with Gasteiger partial charge >= 0.3 is 0 Å². The molecule has 2 saturated carbocycles. The number of carbonyl (C=O) groups is 2. The van der Waals surface area contributed by atoms with Gasteiger partial charge in [0.25, 0.3) is 0 Å². The standard InChI is InChI=1S/C19H24O2/c1-18-9-7-13(20)11-12(18)3-4-14-15-5-6-17(21)19(15,2)10-8-16(14)18/h3,5-6,14-16H,4,7-11H2,1-2H3/t14-,15-,16-,18-,19-/m0/s1. The molecule has 0 spiro atoms. The largest absolute Gasteiger partial charge is 0.299 e. The average Bonchev–Trinajstić information content (AvgIpc) is 2.76. The number of hydrogen-bond acceptors (Lipinski definition) is 2. The van der Waals surface area contributed by atoms with E-state index < -0.39 is 0 Å². The van der Waals surface area contributed by atoms with Gasteiger partial charge in [0, 0.05) is 18.3 Å². The van der Waals surface area contributed by atoms with Gasteiger partial charge in [-0.05, 0) is 54.9 Å². The van der Waals surface area contributed by atoms with E-state index >= 15 is 0 Å². The zero-order valence-electron chi connectivity index (χ0n) is 13.0. The Labute approximate surface area is 126 Å². The Morgan fingerprint density at radius 1 is 1.14 bits per heavy atom. The molecule has 0 bridgehead atoms. The summed E-state index contributed by atoms with van der Waals surface area (Å²) in [4.78, 5) is 24.1. The molecule has 0 aromatic heterocycles. The quantitative estimate of drug-likeness (QED) is 0.633. The van der Waals surface area contributed by atoms with Crippen molar-refractivity contribution in [2.24, 2.45) is 28.6 Å². The van der Waals surface area contributed by atoms with Crippen molar-refractivity contribution in [3.63, 3.8) is 0 Å². The summed E-state index contributed by atoms with van der Waals surface area (Å²) in [5.41, 5.74) is 1.46. The Bertz CT molecular complexity index is 584. The van der Waals surface area contributed by atoms with Gasteiger partial charge in [-0.15, -0.1) is 0 Å². The number of ketones is 2. The van der Waals surface area contributed by atoms with E-state index in [2.05, 4.69) is 26.0 Å². The van der Waals surface area contributed by atoms with Crippen molar-refractivity contribution >= 4 is 11.6 Å². The lowest BCUT2D eigenvalue weighted by Crippen LogP contribution is -2.50. The molecule has 0 aromatic carbocycles. The topological polar surface area (TPSA) is 34.1 Å². The fraction of sp³-hybridized carbons (Fsp3) is 0.684. The van der Waals surface area contributed by atoms with E-state index in [-0.39, 0.29) is 10.8 Å². The summed E-state index contributed by atoms with van der Waals surface area (Å²) in [5, 5.41) is 0. The molecule has 0 aromatic rings. The molecule has 5 atom stereocenters. The van der Waals surface area contributed by atoms with Gasteiger partial charge in [0.1, 0.15) is 5.78 Å². The minimum Gasteiger partial charge on any atom is -0.299 e. The van der Waals surface area contributed by atoms with Crippen molar-refractivity contribution in [1.29, 1.82) is 0 Å². The summed E-state index contributed by atoms with van der Waals surface area (Å²) in [7, 11) is 0. The first-order chi connectivity index (χ1) is 9.95. The van der Waals surface area contributed by atoms with Crippen LogP contribution >= 0.6 is 0 Å². The normalized spacial score (nSPS) is 48.5. The molecule has 0 aliphatic heterocycles. The maximum absolute atomic E-state index is 12.3. The van der Waals surface area contributed by atoms with Gasteiger partial charge in [-0.1, -0.05) is 31.6 Å². The fourth-order valence-electron chi connectivity index (χ4n) is 5.75. The molecule has 112 valence electrons. The molecule has 4 aliphatic rings. The summed E-state index contributed by atoms with van der Waals surface area (Å²) in [6.07, 6.45) is 12.0. The predicted octanol–water partition coefficient (Wildman–Crippen LogP) is 3.86. The minimum atomic E-state index is -0.145. The van der Waals surface area contributed by atoms with E-state index in [9.17, 15) is 9.59 Å². The van der Waals surface area contributed by atoms with Crippen molar-refractivity contribution in [2.75, 3.05) is 0 Å². The Morgan fingerprint density at radius 2 is 1.95 bits per heavy atom. The first-order valence-electron chi connectivity index (χ1n) is 8.39. The third-order valence-electron chi connectivity index (χ3n) is 7.21. The predicted molar refractivity (Wildman–Crippen MR) is 81.6 cm³/mol. The van der Waals surface area contributed by atoms with Gasteiger partial charge < -0.3 is 0 Å². The molecule has 4 rings (SSSR count). The highest BCUT2D eigenvalue weighted by Gasteiger charge is 2.57. The van der Waals surface area contributed by atoms with Crippen LogP contribution < -0.4 is 0 Å². The van der Waals surface area contributed by atoms with Crippen molar-refractivity contribution in [3.05, 3.63) is 23.8 Å². The van der Waals surface area contributed by atoms with Crippen LogP contribution in [0.15, 0.2) is 23.8 Å². The second-order valence-electron chi connectivity index (χ2n) is 8.07. The van der Waals surface area contributed by atoms with Gasteiger partial charge in [-0.3, -0.25) is 9.59 Å². The summed E-state index contributed by atoms with van der Waals surface area (Å²) in [6.45, 7) is 4.55. The Hall–Kier alpha value is -1.18. The second kappa shape index (κ2) is 4.18. The van der Waals surface area contributed by atoms with Gasteiger partial charge in [0.05, 0.1) is 0 Å². The van der Waals surface area contributed by atoms with Crippen LogP contribution in [0.1, 0.15) is 52.4 Å². The van der Waals surface area contributed by atoms with E-state index in [0.717, 1.165) is 32.1 Å². The molecule has 0 heterocycles. The van der Waals surface area contributed by atoms with Crippen molar-refractivity contribution in [1.82, 2.24) is 0 Å². The SMILES string of the molecule is C[C@]12CCC(=O)CC1=CC[C@@H]1[C@@H]2CC[C@]2(C)C(=O)C=C[C@@H]12. The summed E-state index contributed by atoms with van der Waals surface area (Å²) >= 11 is 0. The minimum absolute atomic E-state index is 0.145. The number of Topliss-reactive ketones (excluding diaryl/α,β-unsaturated/α-hetero) is 1. The number of allylic oxidation sites excluding steroid dienone is 4. The first kappa shape index (κ1) is 13.5. The van der Waals surface area contributed by atoms with E-state index in [0.29, 0.717) is 35.7 Å². The van der Waals surface area contributed by atoms with E-state index in [4.69, 9.17) is 0 Å². The smallest absolute Gasteiger partial charge is 0.161 e. The average molecular weight is 284 g/mol. The van der Waals surface area contributed by atoms with Crippen LogP contribution in [0.4, 0.5) is 0 Å². The maximum Gasteiger partial charge on any atom is 0.161 e. The van der Waals surface area contributed by atoms with Gasteiger partial charge in [0.15, 0.2) is 5.78 Å². The van der Waals surface area contributed by atoms with Crippen LogP contribution in [-0.4, -0.2) is 11.6 Å². The summed E-state index contributed by atoms with van der Waals surface area (Å²) < 4.78 is 0. The van der Waals surface area contributed by atoms with Crippen molar-refractivity contribution < 1.29 is 9.59 Å². The van der Waals surface area contributed by atoms with Gasteiger partial charge in [-0.2, -0.15) is 0 Å². The lowest BCUT2D eigenvalue weighted by atomic mass is 9.48. The molecular weight excluding hydrogens is 260 g/mol. The monoisotopic (exact) mass is 284 g/mol. The second-order valence-corrected chi connectivity index (χ2v) is 8.07. The third-order valence-corrected chi connectivity index (χ3v) is 7.21. The molecule has 4 aliphatic carbocycles. The van der Waals surface area contributed by atoms with E-state index in [1.807, 2.05) is 6.08 Å². The first-order valence-corrected chi connectivity index (χ1v) is 8.39. The van der Waals surface area contributed by atoms with Crippen LogP contribution in [0, 0.1) is 28.6 Å². The zero-order chi connectivity index (χ0) is 14.8. The number of fused-ring (bicyclic) bond motifs is 5. The highest BCUT2D eigenvalue weighted by molar-refractivity contribution is 5.97. The Morgan fingerprint density at radius 3 is 2.76 bits per heavy atom. The van der Waals surface area contributed by atoms with Crippen LogP contribution in [0.25, 0.3) is 0 Å². The van der Waals surface area contributed by atoms with Crippen LogP contribution in [0.2, 0.25) is 0 Å². The lowest BCUT2D eigenvalue weighted by molar-refractivity contribution is -0.130. The van der Waals surface area contributed by atoms with Crippen molar-refractivity contribution in [3.8, 4) is 0 Å². The number of hydrogen-bond donors (Lipinski definition) is 0. The third kappa shape index (κ3) is 1.65. The van der Waals surface area contributed by atoms with Crippen molar-refractivity contribution in [2.45, 2.75) is 52.4 Å². The summed E-state index contributed by atoms with van der Waals surface area (Å²) in [5.74, 6) is 2.40. The molecule has 2 heteroatoms. The molecule has 0 amide bonds. The number of carbonyl (C=O) groups excluding carboxylic acids is 2. The van der Waals surface area contributed by atoms with E-state index in [1.54, 1.807) is 0 Å². The molecule has 2 fully saturated rings. The maximum atomic E-state index is 12.3. The van der Waals surface area contributed by atoms with Gasteiger partial charge in [0.2, 0.25) is 0 Å². The highest BCUT2D eigenvalue weighted by atomic mass is 16.1. The molecule has 0 radical (unpaired) electrons. The molecule has 21 heavy (non-hydrogen) atoms. The molecule has 0 saturated heterocycles. The highest BCUT2D eigenvalue weighted by Crippen LogP contribution is 2.62. The van der Waals surface area contributed by atoms with Crippen LogP contribution in [-0.2, 0) is 9.59 Å². The summed E-state index contributed by atoms with van der Waals surface area (Å²) in [6, 6.07) is 0.